The van der Waals surface area contributed by atoms with E-state index in [1.54, 1.807) is 0 Å². The van der Waals surface area contributed by atoms with Crippen molar-refractivity contribution in [2.45, 2.75) is 13.3 Å². The van der Waals surface area contributed by atoms with Crippen molar-refractivity contribution in [3.8, 4) is 0 Å². The Morgan fingerprint density at radius 1 is 1.50 bits per heavy atom. The van der Waals surface area contributed by atoms with Gasteiger partial charge in [-0.05, 0) is 6.92 Å². The van der Waals surface area contributed by atoms with Crippen LogP contribution >= 0.6 is 0 Å². The van der Waals surface area contributed by atoms with Crippen molar-refractivity contribution >= 4 is 10.1 Å². The molecule has 0 aliphatic carbocycles. The zero-order chi connectivity index (χ0) is 8.20. The van der Waals surface area contributed by atoms with Crippen LogP contribution in [-0.2, 0) is 14.3 Å². The third-order valence-corrected chi connectivity index (χ3v) is 1.93. The summed E-state index contributed by atoms with van der Waals surface area (Å²) in [7, 11) is -3.69. The molecule has 0 aromatic carbocycles. The van der Waals surface area contributed by atoms with Crippen LogP contribution < -0.4 is 0 Å². The molecule has 0 rings (SSSR count). The van der Waals surface area contributed by atoms with E-state index in [1.165, 1.54) is 6.92 Å². The van der Waals surface area contributed by atoms with Gasteiger partial charge in [0.25, 0.3) is 16.5 Å². The van der Waals surface area contributed by atoms with Crippen molar-refractivity contribution in [3.05, 3.63) is 0 Å². The van der Waals surface area contributed by atoms with Gasteiger partial charge in [0.05, 0.1) is 5.75 Å². The maximum absolute atomic E-state index is 11.3. The second-order valence-corrected chi connectivity index (χ2v) is 3.45. The summed E-state index contributed by atoms with van der Waals surface area (Å²) in [6.07, 6.45) is -2.73. The average molecular weight is 174 g/mol. The number of hydrogen-bond acceptors (Lipinski definition) is 3. The SMILES string of the molecule is CCS(=O)(=O)OCC(F)F. The van der Waals surface area contributed by atoms with E-state index in [0.29, 0.717) is 0 Å². The highest BCUT2D eigenvalue weighted by molar-refractivity contribution is 7.86. The minimum Gasteiger partial charge on any atom is -0.264 e. The molecule has 0 N–H and O–H groups in total. The average Bonchev–Trinajstić information content (AvgIpc) is 1.85. The molecule has 0 amide bonds. The Balaban J connectivity index is 3.70. The van der Waals surface area contributed by atoms with Crippen LogP contribution in [0.25, 0.3) is 0 Å². The highest BCUT2D eigenvalue weighted by Crippen LogP contribution is 1.98. The smallest absolute Gasteiger partial charge is 0.264 e. The number of halogens is 2. The van der Waals surface area contributed by atoms with Gasteiger partial charge in [0.1, 0.15) is 6.61 Å². The second-order valence-electron chi connectivity index (χ2n) is 1.52. The molecule has 0 aliphatic rings. The van der Waals surface area contributed by atoms with E-state index in [4.69, 9.17) is 0 Å². The Labute approximate surface area is 58.1 Å². The first kappa shape index (κ1) is 9.77. The highest BCUT2D eigenvalue weighted by atomic mass is 32.2. The largest absolute Gasteiger partial charge is 0.267 e. The molecule has 0 saturated carbocycles. The summed E-state index contributed by atoms with van der Waals surface area (Å²) in [6, 6.07) is 0. The Morgan fingerprint density at radius 2 is 2.00 bits per heavy atom. The van der Waals surface area contributed by atoms with Crippen molar-refractivity contribution < 1.29 is 21.4 Å². The minimum absolute atomic E-state index is 0.278. The molecule has 0 radical (unpaired) electrons. The lowest BCUT2D eigenvalue weighted by Crippen LogP contribution is -2.13. The monoisotopic (exact) mass is 174 g/mol. The molecule has 0 aromatic rings. The molecular weight excluding hydrogens is 166 g/mol. The van der Waals surface area contributed by atoms with Crippen LogP contribution in [0.3, 0.4) is 0 Å². The second kappa shape index (κ2) is 3.82. The molecule has 0 atom stereocenters. The molecule has 0 aromatic heterocycles. The van der Waals surface area contributed by atoms with Crippen LogP contribution in [-0.4, -0.2) is 27.2 Å². The molecule has 0 unspecified atom stereocenters. The van der Waals surface area contributed by atoms with Gasteiger partial charge in [-0.25, -0.2) is 8.78 Å². The molecular formula is C4H8F2O3S. The summed E-state index contributed by atoms with van der Waals surface area (Å²) in [4.78, 5) is 0. The van der Waals surface area contributed by atoms with Crippen LogP contribution in [0.5, 0.6) is 0 Å². The van der Waals surface area contributed by atoms with E-state index in [-0.39, 0.29) is 5.75 Å². The quantitative estimate of drug-likeness (QED) is 0.587. The third kappa shape index (κ3) is 4.63. The molecule has 3 nitrogen and oxygen atoms in total. The van der Waals surface area contributed by atoms with Crippen LogP contribution in [0.2, 0.25) is 0 Å². The molecule has 0 aliphatic heterocycles. The molecule has 0 fully saturated rings. The normalized spacial score (nSPS) is 12.4. The van der Waals surface area contributed by atoms with E-state index < -0.39 is 23.2 Å². The summed E-state index contributed by atoms with van der Waals surface area (Å²) in [5.74, 6) is -0.278. The summed E-state index contributed by atoms with van der Waals surface area (Å²) >= 11 is 0. The maximum atomic E-state index is 11.3. The van der Waals surface area contributed by atoms with Crippen molar-refractivity contribution in [1.82, 2.24) is 0 Å². The topological polar surface area (TPSA) is 43.4 Å². The van der Waals surface area contributed by atoms with Crippen LogP contribution in [0.1, 0.15) is 6.92 Å². The molecule has 10 heavy (non-hydrogen) atoms. The van der Waals surface area contributed by atoms with E-state index >= 15 is 0 Å². The first-order valence-electron chi connectivity index (χ1n) is 2.63. The van der Waals surface area contributed by atoms with Crippen LogP contribution in [0.4, 0.5) is 8.78 Å². The first-order valence-corrected chi connectivity index (χ1v) is 4.21. The van der Waals surface area contributed by atoms with E-state index in [1.807, 2.05) is 0 Å². The van der Waals surface area contributed by atoms with Gasteiger partial charge >= 0.3 is 0 Å². The number of alkyl halides is 2. The Morgan fingerprint density at radius 3 is 2.30 bits per heavy atom. The van der Waals surface area contributed by atoms with Gasteiger partial charge in [0, 0.05) is 0 Å². The predicted octanol–water partition coefficient (Wildman–Crippen LogP) is 0.618. The number of rotatable bonds is 4. The van der Waals surface area contributed by atoms with Crippen LogP contribution in [0, 0.1) is 0 Å². The summed E-state index contributed by atoms with van der Waals surface area (Å²) in [5.41, 5.74) is 0. The molecule has 0 bridgehead atoms. The van der Waals surface area contributed by atoms with Crippen molar-refractivity contribution in [2.24, 2.45) is 0 Å². The van der Waals surface area contributed by atoms with Crippen molar-refractivity contribution in [2.75, 3.05) is 12.4 Å². The standard InChI is InChI=1S/C4H8F2O3S/c1-2-10(7,8)9-3-4(5)6/h4H,2-3H2,1H3. The summed E-state index contributed by atoms with van der Waals surface area (Å²) in [5, 5.41) is 0. The highest BCUT2D eigenvalue weighted by Gasteiger charge is 2.11. The number of hydrogen-bond donors (Lipinski definition) is 0. The maximum Gasteiger partial charge on any atom is 0.267 e. The summed E-state index contributed by atoms with van der Waals surface area (Å²) < 4.78 is 47.2. The fourth-order valence-electron chi connectivity index (χ4n) is 0.238. The van der Waals surface area contributed by atoms with Gasteiger partial charge in [0.2, 0.25) is 0 Å². The molecule has 0 heterocycles. The zero-order valence-electron chi connectivity index (χ0n) is 5.38. The van der Waals surface area contributed by atoms with Crippen LogP contribution in [0.15, 0.2) is 0 Å². The van der Waals surface area contributed by atoms with Gasteiger partial charge in [-0.2, -0.15) is 8.42 Å². The zero-order valence-corrected chi connectivity index (χ0v) is 6.20. The Kier molecular flexibility index (Phi) is 3.73. The van der Waals surface area contributed by atoms with Gasteiger partial charge in [0.15, 0.2) is 0 Å². The van der Waals surface area contributed by atoms with E-state index in [9.17, 15) is 17.2 Å². The van der Waals surface area contributed by atoms with Crippen molar-refractivity contribution in [1.29, 1.82) is 0 Å². The first-order chi connectivity index (χ1) is 4.48. The Bertz CT molecular complexity index is 175. The summed E-state index contributed by atoms with van der Waals surface area (Å²) in [6.45, 7) is 0.275. The lowest BCUT2D eigenvalue weighted by Gasteiger charge is -2.00. The fourth-order valence-corrected chi connectivity index (χ4v) is 0.715. The van der Waals surface area contributed by atoms with Gasteiger partial charge in [-0.15, -0.1) is 0 Å². The molecule has 6 heteroatoms. The predicted molar refractivity (Wildman–Crippen MR) is 31.4 cm³/mol. The Hall–Kier alpha value is -0.230. The fraction of sp³-hybridized carbons (Fsp3) is 1.00. The lowest BCUT2D eigenvalue weighted by atomic mass is 10.8. The third-order valence-electron chi connectivity index (χ3n) is 0.727. The molecule has 0 spiro atoms. The minimum atomic E-state index is -3.69. The lowest BCUT2D eigenvalue weighted by molar-refractivity contribution is 0.0849. The van der Waals surface area contributed by atoms with Gasteiger partial charge in [-0.1, -0.05) is 0 Å². The van der Waals surface area contributed by atoms with E-state index in [0.717, 1.165) is 0 Å². The molecule has 0 saturated heterocycles. The van der Waals surface area contributed by atoms with Gasteiger partial charge < -0.3 is 0 Å². The van der Waals surface area contributed by atoms with Gasteiger partial charge in [-0.3, -0.25) is 4.18 Å². The van der Waals surface area contributed by atoms with E-state index in [2.05, 4.69) is 4.18 Å². The molecule has 62 valence electrons. The van der Waals surface area contributed by atoms with Crippen molar-refractivity contribution in [3.63, 3.8) is 0 Å².